The van der Waals surface area contributed by atoms with Crippen LogP contribution in [0.2, 0.25) is 0 Å². The molecule has 1 aromatic carbocycles. The largest absolute Gasteiger partial charge is 0.492 e. The van der Waals surface area contributed by atoms with Crippen LogP contribution < -0.4 is 4.74 Å². The first kappa shape index (κ1) is 19.4. The molecule has 25 heavy (non-hydrogen) atoms. The van der Waals surface area contributed by atoms with Crippen LogP contribution >= 0.6 is 0 Å². The molecule has 0 aliphatic rings. The minimum absolute atomic E-state index is 0.262. The smallest absolute Gasteiger partial charge is 0.246 e. The first-order valence-electron chi connectivity index (χ1n) is 8.23. The van der Waals surface area contributed by atoms with E-state index in [1.807, 2.05) is 13.8 Å². The SMILES string of the molecule is CCN(CC)S(=O)(=O)c1c(C)nn(CCOc2ccc(F)cc2)c1C. The zero-order valence-corrected chi connectivity index (χ0v) is 15.8. The summed E-state index contributed by atoms with van der Waals surface area (Å²) in [5.41, 5.74) is 1.07. The molecule has 0 N–H and O–H groups in total. The van der Waals surface area contributed by atoms with Crippen LogP contribution in [0.3, 0.4) is 0 Å². The molecule has 0 radical (unpaired) electrons. The minimum Gasteiger partial charge on any atom is -0.492 e. The van der Waals surface area contributed by atoms with E-state index in [1.54, 1.807) is 30.7 Å². The van der Waals surface area contributed by atoms with Crippen LogP contribution in [0.25, 0.3) is 0 Å². The third-order valence-electron chi connectivity index (χ3n) is 4.00. The summed E-state index contributed by atoms with van der Waals surface area (Å²) < 4.78 is 47.1. The molecule has 0 bridgehead atoms. The molecule has 0 aliphatic carbocycles. The molecule has 0 fully saturated rings. The molecule has 6 nitrogen and oxygen atoms in total. The Morgan fingerprint density at radius 1 is 1.16 bits per heavy atom. The number of rotatable bonds is 8. The summed E-state index contributed by atoms with van der Waals surface area (Å²) in [7, 11) is -3.56. The number of nitrogens with zero attached hydrogens (tertiary/aromatic N) is 3. The van der Waals surface area contributed by atoms with E-state index in [-0.39, 0.29) is 10.7 Å². The van der Waals surface area contributed by atoms with Gasteiger partial charge in [-0.25, -0.2) is 12.8 Å². The maximum atomic E-state index is 12.9. The fourth-order valence-corrected chi connectivity index (χ4v) is 4.58. The van der Waals surface area contributed by atoms with Crippen molar-refractivity contribution in [1.82, 2.24) is 14.1 Å². The number of ether oxygens (including phenoxy) is 1. The number of hydrogen-bond donors (Lipinski definition) is 0. The second-order valence-electron chi connectivity index (χ2n) is 5.61. The Morgan fingerprint density at radius 3 is 2.32 bits per heavy atom. The van der Waals surface area contributed by atoms with Gasteiger partial charge in [-0.3, -0.25) is 4.68 Å². The molecule has 0 saturated heterocycles. The summed E-state index contributed by atoms with van der Waals surface area (Å²) in [5.74, 6) is 0.232. The van der Waals surface area contributed by atoms with Gasteiger partial charge in [0.2, 0.25) is 10.0 Å². The molecule has 8 heteroatoms. The molecule has 0 saturated carbocycles. The van der Waals surface area contributed by atoms with Crippen LogP contribution in [0.4, 0.5) is 4.39 Å². The fraction of sp³-hybridized carbons (Fsp3) is 0.471. The zero-order valence-electron chi connectivity index (χ0n) is 15.0. The van der Waals surface area contributed by atoms with Gasteiger partial charge in [-0.05, 0) is 38.1 Å². The molecule has 0 aliphatic heterocycles. The molecule has 0 atom stereocenters. The Kier molecular flexibility index (Phi) is 6.18. The highest BCUT2D eigenvalue weighted by atomic mass is 32.2. The van der Waals surface area contributed by atoms with Crippen molar-refractivity contribution in [3.63, 3.8) is 0 Å². The third kappa shape index (κ3) is 4.19. The van der Waals surface area contributed by atoms with Crippen molar-refractivity contribution in [2.75, 3.05) is 19.7 Å². The first-order valence-corrected chi connectivity index (χ1v) is 9.67. The van der Waals surface area contributed by atoms with Gasteiger partial charge in [-0.1, -0.05) is 13.8 Å². The molecule has 1 aromatic heterocycles. The van der Waals surface area contributed by atoms with E-state index < -0.39 is 10.0 Å². The lowest BCUT2D eigenvalue weighted by Crippen LogP contribution is -2.31. The van der Waals surface area contributed by atoms with Crippen LogP contribution in [0.5, 0.6) is 5.75 Å². The second-order valence-corrected chi connectivity index (χ2v) is 7.49. The lowest BCUT2D eigenvalue weighted by molar-refractivity contribution is 0.289. The molecule has 138 valence electrons. The number of benzene rings is 1. The Hall–Kier alpha value is -1.93. The van der Waals surface area contributed by atoms with E-state index in [9.17, 15) is 12.8 Å². The highest BCUT2D eigenvalue weighted by Gasteiger charge is 2.29. The Labute approximate surface area is 148 Å². The molecule has 0 unspecified atom stereocenters. The second kappa shape index (κ2) is 7.97. The maximum Gasteiger partial charge on any atom is 0.246 e. The van der Waals surface area contributed by atoms with E-state index in [0.29, 0.717) is 43.4 Å². The van der Waals surface area contributed by atoms with Crippen LogP contribution in [-0.4, -0.2) is 42.2 Å². The van der Waals surface area contributed by atoms with E-state index in [1.165, 1.54) is 16.4 Å². The van der Waals surface area contributed by atoms with Crippen LogP contribution in [0.15, 0.2) is 29.2 Å². The molecule has 0 spiro atoms. The van der Waals surface area contributed by atoms with Gasteiger partial charge in [0, 0.05) is 13.1 Å². The molecular weight excluding hydrogens is 345 g/mol. The maximum absolute atomic E-state index is 12.9. The quantitative estimate of drug-likeness (QED) is 0.718. The first-order chi connectivity index (χ1) is 11.8. The lowest BCUT2D eigenvalue weighted by Gasteiger charge is -2.18. The topological polar surface area (TPSA) is 64.4 Å². The zero-order chi connectivity index (χ0) is 18.6. The van der Waals surface area contributed by atoms with E-state index in [2.05, 4.69) is 5.10 Å². The van der Waals surface area contributed by atoms with Crippen molar-refractivity contribution in [1.29, 1.82) is 0 Å². The van der Waals surface area contributed by atoms with Gasteiger partial charge in [0.1, 0.15) is 23.1 Å². The number of aryl methyl sites for hydroxylation is 1. The van der Waals surface area contributed by atoms with Crippen molar-refractivity contribution in [3.8, 4) is 5.75 Å². The highest BCUT2D eigenvalue weighted by Crippen LogP contribution is 2.23. The monoisotopic (exact) mass is 369 g/mol. The van der Waals surface area contributed by atoms with Crippen molar-refractivity contribution >= 4 is 10.0 Å². The molecule has 0 amide bonds. The molecule has 2 aromatic rings. The normalized spacial score (nSPS) is 11.9. The summed E-state index contributed by atoms with van der Waals surface area (Å²) in [6.45, 7) is 8.59. The van der Waals surface area contributed by atoms with Crippen molar-refractivity contribution in [3.05, 3.63) is 41.5 Å². The van der Waals surface area contributed by atoms with Gasteiger partial charge in [-0.2, -0.15) is 9.40 Å². The number of halogens is 1. The fourth-order valence-electron chi connectivity index (χ4n) is 2.74. The van der Waals surface area contributed by atoms with Gasteiger partial charge in [0.05, 0.1) is 17.9 Å². The molecular formula is C17H24FN3O3S. The van der Waals surface area contributed by atoms with Crippen LogP contribution in [-0.2, 0) is 16.6 Å². The summed E-state index contributed by atoms with van der Waals surface area (Å²) >= 11 is 0. The van der Waals surface area contributed by atoms with Gasteiger partial charge >= 0.3 is 0 Å². The van der Waals surface area contributed by atoms with Gasteiger partial charge in [0.15, 0.2) is 0 Å². The summed E-state index contributed by atoms with van der Waals surface area (Å²) in [4.78, 5) is 0.262. The molecule has 1 heterocycles. The van der Waals surface area contributed by atoms with Crippen LogP contribution in [0.1, 0.15) is 25.2 Å². The average molecular weight is 369 g/mol. The Bertz CT molecular complexity index is 812. The predicted octanol–water partition coefficient (Wildman–Crippen LogP) is 2.75. The van der Waals surface area contributed by atoms with Crippen LogP contribution in [0, 0.1) is 19.7 Å². The minimum atomic E-state index is -3.56. The van der Waals surface area contributed by atoms with Gasteiger partial charge < -0.3 is 4.74 Å². The van der Waals surface area contributed by atoms with Crippen molar-refractivity contribution in [2.24, 2.45) is 0 Å². The summed E-state index contributed by atoms with van der Waals surface area (Å²) in [6.07, 6.45) is 0. The Morgan fingerprint density at radius 2 is 1.76 bits per heavy atom. The van der Waals surface area contributed by atoms with E-state index in [0.717, 1.165) is 0 Å². The standard InChI is InChI=1S/C17H24FN3O3S/c1-5-20(6-2)25(22,23)17-13(3)19-21(14(17)4)11-12-24-16-9-7-15(18)8-10-16/h7-10H,5-6,11-12H2,1-4H3. The Balaban J connectivity index is 2.15. The van der Waals surface area contributed by atoms with E-state index >= 15 is 0 Å². The summed E-state index contributed by atoms with van der Waals surface area (Å²) in [6, 6.07) is 5.75. The summed E-state index contributed by atoms with van der Waals surface area (Å²) in [5, 5.41) is 4.34. The van der Waals surface area contributed by atoms with Gasteiger partial charge in [0.25, 0.3) is 0 Å². The predicted molar refractivity (Wildman–Crippen MR) is 93.7 cm³/mol. The number of sulfonamides is 1. The number of hydrogen-bond acceptors (Lipinski definition) is 4. The van der Waals surface area contributed by atoms with Crippen molar-refractivity contribution in [2.45, 2.75) is 39.1 Å². The highest BCUT2D eigenvalue weighted by molar-refractivity contribution is 7.89. The van der Waals surface area contributed by atoms with Gasteiger partial charge in [-0.15, -0.1) is 0 Å². The number of aromatic nitrogens is 2. The average Bonchev–Trinajstić information content (AvgIpc) is 2.85. The van der Waals surface area contributed by atoms with Crippen molar-refractivity contribution < 1.29 is 17.5 Å². The molecule has 2 rings (SSSR count). The lowest BCUT2D eigenvalue weighted by atomic mass is 10.3. The third-order valence-corrected chi connectivity index (χ3v) is 6.31. The van der Waals surface area contributed by atoms with E-state index in [4.69, 9.17) is 4.74 Å².